The predicted molar refractivity (Wildman–Crippen MR) is 312 cm³/mol. The number of carbonyl (C=O) groups is 6. The van der Waals surface area contributed by atoms with Crippen molar-refractivity contribution < 1.29 is 87.1 Å². The Kier molecular flexibility index (Phi) is 24.0. The van der Waals surface area contributed by atoms with Gasteiger partial charge in [-0.15, -0.1) is 12.8 Å². The van der Waals surface area contributed by atoms with E-state index >= 15 is 0 Å². The van der Waals surface area contributed by atoms with E-state index < -0.39 is 132 Å². The van der Waals surface area contributed by atoms with Gasteiger partial charge in [0.1, 0.15) is 95.8 Å². The Morgan fingerprint density at radius 2 is 0.909 bits per heavy atom. The number of fused-ring (bicyclic) bond motifs is 2. The Hall–Kier alpha value is -8.40. The van der Waals surface area contributed by atoms with Gasteiger partial charge >= 0.3 is 36.3 Å². The first-order chi connectivity index (χ1) is 41.0. The van der Waals surface area contributed by atoms with Crippen molar-refractivity contribution in [1.29, 1.82) is 0 Å². The summed E-state index contributed by atoms with van der Waals surface area (Å²) in [4.78, 5) is 98.8. The number of aromatic nitrogens is 8. The number of carboxylic acid groups (broad SMARTS) is 2. The smallest absolute Gasteiger partial charge is 0.408 e. The zero-order chi connectivity index (χ0) is 65.6. The lowest BCUT2D eigenvalue weighted by Gasteiger charge is -2.28. The molecule has 484 valence electrons. The van der Waals surface area contributed by atoms with Crippen LogP contribution in [0.25, 0.3) is 22.3 Å². The van der Waals surface area contributed by atoms with Gasteiger partial charge in [-0.2, -0.15) is 0 Å². The van der Waals surface area contributed by atoms with E-state index in [1.54, 1.807) is 87.7 Å². The Morgan fingerprint density at radius 3 is 1.30 bits per heavy atom. The predicted octanol–water partition coefficient (Wildman–Crippen LogP) is 3.45. The SMILES string of the molecule is C#CCO[C@@H]1[C@@H](C[C@H](CC[C@H](NC(=O)OC(C)(C)C)C(=O)O)NC(=O)OC(C)(C)C)OC(n2cnc3c(N)ncnc32)[C@@H]1O.C#CCO[C@H]1C(n2cnc3c(N)ncnc32)O[C@H](C[C@H](CC[C@H](NC(=O)OC(C)(C)C)C(=O)O)NC(=O)OC(C)(C)C)[C@H]1O. The summed E-state index contributed by atoms with van der Waals surface area (Å²) in [5, 5.41) is 52.3. The van der Waals surface area contributed by atoms with Crippen LogP contribution in [0.2, 0.25) is 0 Å². The minimum atomic E-state index is -1.33. The van der Waals surface area contributed by atoms with E-state index in [1.165, 1.54) is 29.9 Å². The molecule has 2 saturated heterocycles. The zero-order valence-corrected chi connectivity index (χ0v) is 51.3. The van der Waals surface area contributed by atoms with Crippen LogP contribution in [0, 0.1) is 24.7 Å². The number of alkyl carbamates (subject to hydrolysis) is 4. The van der Waals surface area contributed by atoms with Crippen molar-refractivity contribution in [3.05, 3.63) is 25.3 Å². The van der Waals surface area contributed by atoms with Gasteiger partial charge in [0.05, 0.1) is 24.9 Å². The maximum atomic E-state index is 12.8. The number of carboxylic acids is 2. The molecule has 88 heavy (non-hydrogen) atoms. The number of carbonyl (C=O) groups excluding carboxylic acids is 4. The first-order valence-electron chi connectivity index (χ1n) is 28.0. The topological polar surface area (TPSA) is 445 Å². The van der Waals surface area contributed by atoms with E-state index in [1.807, 2.05) is 0 Å². The number of rotatable bonds is 22. The molecular weight excluding hydrogens is 1160 g/mol. The minimum Gasteiger partial charge on any atom is -0.480 e. The Morgan fingerprint density at radius 1 is 0.545 bits per heavy atom. The molecule has 32 heteroatoms. The normalized spacial score (nSPS) is 21.7. The minimum absolute atomic E-state index is 0.00928. The maximum absolute atomic E-state index is 12.8. The van der Waals surface area contributed by atoms with E-state index in [0.717, 1.165) is 0 Å². The Bertz CT molecular complexity index is 3140. The second-order valence-electron chi connectivity index (χ2n) is 24.6. The lowest BCUT2D eigenvalue weighted by Crippen LogP contribution is -2.46. The number of hydrogen-bond acceptors (Lipinski definition) is 24. The molecule has 2 aliphatic rings. The van der Waals surface area contributed by atoms with Crippen LogP contribution < -0.4 is 32.7 Å². The molecule has 4 amide bonds. The van der Waals surface area contributed by atoms with Crippen LogP contribution in [-0.4, -0.2) is 192 Å². The second kappa shape index (κ2) is 30.0. The number of imidazole rings is 2. The van der Waals surface area contributed by atoms with Gasteiger partial charge < -0.3 is 91.1 Å². The third-order valence-electron chi connectivity index (χ3n) is 12.7. The van der Waals surface area contributed by atoms with Gasteiger partial charge in [-0.1, -0.05) is 11.8 Å². The molecule has 6 heterocycles. The van der Waals surface area contributed by atoms with E-state index in [2.05, 4.69) is 63.0 Å². The van der Waals surface area contributed by atoms with Crippen molar-refractivity contribution in [2.75, 3.05) is 24.7 Å². The fraction of sp³-hybridized carbons (Fsp3) is 0.643. The van der Waals surface area contributed by atoms with Gasteiger partial charge in [-0.05, 0) is 122 Å². The van der Waals surface area contributed by atoms with Crippen molar-refractivity contribution in [2.45, 2.75) is 217 Å². The largest absolute Gasteiger partial charge is 0.480 e. The number of nitrogens with one attached hydrogen (secondary N) is 4. The summed E-state index contributed by atoms with van der Waals surface area (Å²) >= 11 is 0. The second-order valence-corrected chi connectivity index (χ2v) is 24.6. The molecule has 0 radical (unpaired) electrons. The number of aliphatic hydroxyl groups excluding tert-OH is 2. The lowest BCUT2D eigenvalue weighted by atomic mass is 9.97. The van der Waals surface area contributed by atoms with Gasteiger partial charge in [-0.25, -0.2) is 58.7 Å². The molecule has 0 spiro atoms. The van der Waals surface area contributed by atoms with E-state index in [0.29, 0.717) is 22.3 Å². The number of nitrogen functional groups attached to an aromatic ring is 2. The van der Waals surface area contributed by atoms with Crippen molar-refractivity contribution in [1.82, 2.24) is 60.3 Å². The Balaban J connectivity index is 0.000000321. The molecule has 32 nitrogen and oxygen atoms in total. The Labute approximate surface area is 508 Å². The van der Waals surface area contributed by atoms with E-state index in [-0.39, 0.29) is 63.4 Å². The number of hydrogen-bond donors (Lipinski definition) is 10. The summed E-state index contributed by atoms with van der Waals surface area (Å²) in [7, 11) is 0. The third-order valence-corrected chi connectivity index (χ3v) is 12.7. The summed E-state index contributed by atoms with van der Waals surface area (Å²) in [5.74, 6) is 2.46. The third kappa shape index (κ3) is 20.9. The monoisotopic (exact) mass is 1240 g/mol. The highest BCUT2D eigenvalue weighted by molar-refractivity contribution is 5.83. The van der Waals surface area contributed by atoms with Crippen LogP contribution in [0.15, 0.2) is 25.3 Å². The van der Waals surface area contributed by atoms with Crippen LogP contribution in [-0.2, 0) is 47.5 Å². The number of terminal acetylenes is 2. The van der Waals surface area contributed by atoms with Crippen molar-refractivity contribution in [3.63, 3.8) is 0 Å². The quantitative estimate of drug-likeness (QED) is 0.0398. The zero-order valence-electron chi connectivity index (χ0n) is 51.3. The first-order valence-corrected chi connectivity index (χ1v) is 28.0. The molecule has 12 N–H and O–H groups in total. The van der Waals surface area contributed by atoms with Crippen molar-refractivity contribution >= 4 is 70.3 Å². The average Bonchev–Trinajstić information content (AvgIpc) is 1.69. The first kappa shape index (κ1) is 70.4. The highest BCUT2D eigenvalue weighted by Crippen LogP contribution is 2.38. The molecule has 0 bridgehead atoms. The van der Waals surface area contributed by atoms with Gasteiger partial charge in [0.25, 0.3) is 0 Å². The number of anilines is 2. The molecule has 0 aliphatic carbocycles. The number of aliphatic hydroxyl groups is 2. The van der Waals surface area contributed by atoms with Crippen LogP contribution >= 0.6 is 0 Å². The molecule has 6 rings (SSSR count). The lowest BCUT2D eigenvalue weighted by molar-refractivity contribution is -0.140. The fourth-order valence-corrected chi connectivity index (χ4v) is 9.22. The van der Waals surface area contributed by atoms with Crippen LogP contribution in [0.1, 0.15) is 134 Å². The van der Waals surface area contributed by atoms with Gasteiger partial charge in [0.15, 0.2) is 35.4 Å². The van der Waals surface area contributed by atoms with Crippen LogP contribution in [0.5, 0.6) is 0 Å². The highest BCUT2D eigenvalue weighted by atomic mass is 16.6. The number of nitrogens with zero attached hydrogens (tertiary/aromatic N) is 8. The summed E-state index contributed by atoms with van der Waals surface area (Å²) in [5.41, 5.74) is 9.84. The van der Waals surface area contributed by atoms with Gasteiger partial charge in [0.2, 0.25) is 0 Å². The highest BCUT2D eigenvalue weighted by Gasteiger charge is 2.49. The fourth-order valence-electron chi connectivity index (χ4n) is 9.22. The van der Waals surface area contributed by atoms with Gasteiger partial charge in [-0.3, -0.25) is 9.13 Å². The molecular formula is C56H82N14O18. The number of amides is 4. The summed E-state index contributed by atoms with van der Waals surface area (Å²) in [6.45, 7) is 19.8. The number of nitrogens with two attached hydrogens (primary N) is 2. The average molecular weight is 1240 g/mol. The van der Waals surface area contributed by atoms with Gasteiger partial charge in [0, 0.05) is 12.1 Å². The summed E-state index contributed by atoms with van der Waals surface area (Å²) in [6, 6.07) is -4.18. The van der Waals surface area contributed by atoms with Crippen LogP contribution in [0.3, 0.4) is 0 Å². The van der Waals surface area contributed by atoms with E-state index in [4.69, 9.17) is 62.2 Å². The summed E-state index contributed by atoms with van der Waals surface area (Å²) in [6.07, 6.45) is 4.71. The van der Waals surface area contributed by atoms with Crippen molar-refractivity contribution in [3.8, 4) is 24.7 Å². The molecule has 0 aromatic carbocycles. The molecule has 0 saturated carbocycles. The number of aliphatic carboxylic acids is 2. The molecule has 4 aromatic rings. The van der Waals surface area contributed by atoms with Crippen LogP contribution in [0.4, 0.5) is 30.8 Å². The standard InChI is InChI=1S/2C28H41N7O9/c1-8-11-41-20-17(42-23(19(20)36)35-14-32-18-21(29)30-13-31-22(18)35)12-15(33-25(39)43-27(2,3)4)9-10-16(24(37)38)34-26(40)44-28(5,6)7;1-8-11-41-20-19(36)17(42-23(20)35-14-32-18-21(29)30-13-31-22(18)35)12-15(33-25(39)43-27(2,3)4)9-10-16(24(37)38)34-26(40)44-28(5,6)7/h2*1,13-17,19-20,23,36H,9-12H2,2-7H3,(H,33,39)(H,34,40)(H,37,38)(H2,29,30,31)/t2*15-,16-,17+,19+,20+,23?/m00/s1. The molecule has 2 fully saturated rings. The molecule has 12 atom stereocenters. The molecule has 4 aromatic heterocycles. The number of ether oxygens (including phenoxy) is 8. The maximum Gasteiger partial charge on any atom is 0.408 e. The summed E-state index contributed by atoms with van der Waals surface area (Å²) < 4.78 is 48.3. The molecule has 2 aliphatic heterocycles. The van der Waals surface area contributed by atoms with E-state index in [9.17, 15) is 49.2 Å². The molecule has 2 unspecified atom stereocenters. The van der Waals surface area contributed by atoms with Crippen molar-refractivity contribution in [2.24, 2.45) is 0 Å².